The van der Waals surface area contributed by atoms with Gasteiger partial charge in [-0.1, -0.05) is 12.1 Å². The molecule has 0 aliphatic carbocycles. The zero-order chi connectivity index (χ0) is 25.5. The number of rotatable bonds is 8. The van der Waals surface area contributed by atoms with Crippen LogP contribution in [0.2, 0.25) is 0 Å². The number of carbonyl (C=O) groups excluding carboxylic acids is 2. The first-order valence-electron chi connectivity index (χ1n) is 11.9. The van der Waals surface area contributed by atoms with Crippen LogP contribution in [0.1, 0.15) is 25.8 Å². The largest absolute Gasteiger partial charge is 0.497 e. The molecule has 190 valence electrons. The molecule has 4 rings (SSSR count). The fourth-order valence-electron chi connectivity index (χ4n) is 4.00. The molecular formula is C25H31N7O4. The molecule has 0 radical (unpaired) electrons. The van der Waals surface area contributed by atoms with Gasteiger partial charge < -0.3 is 24.6 Å². The highest BCUT2D eigenvalue weighted by Crippen LogP contribution is 2.22. The van der Waals surface area contributed by atoms with Crippen molar-refractivity contribution in [1.82, 2.24) is 29.7 Å². The number of aromatic nitrogens is 4. The third-order valence-corrected chi connectivity index (χ3v) is 5.80. The lowest BCUT2D eigenvalue weighted by Crippen LogP contribution is -2.56. The van der Waals surface area contributed by atoms with Gasteiger partial charge in [-0.05, 0) is 37.6 Å². The van der Waals surface area contributed by atoms with Crippen LogP contribution in [0.25, 0.3) is 5.95 Å². The summed E-state index contributed by atoms with van der Waals surface area (Å²) in [5, 5.41) is 2.98. The maximum absolute atomic E-state index is 13.0. The van der Waals surface area contributed by atoms with Gasteiger partial charge in [0.25, 0.3) is 0 Å². The summed E-state index contributed by atoms with van der Waals surface area (Å²) in [7, 11) is 1.61. The van der Waals surface area contributed by atoms with Crippen molar-refractivity contribution in [1.29, 1.82) is 0 Å². The minimum atomic E-state index is -0.380. The summed E-state index contributed by atoms with van der Waals surface area (Å²) in [5.74, 6) is 1.80. The average molecular weight is 494 g/mol. The topological polar surface area (TPSA) is 115 Å². The molecule has 0 saturated carbocycles. The second-order valence-corrected chi connectivity index (χ2v) is 8.74. The van der Waals surface area contributed by atoms with Crippen LogP contribution in [0.4, 0.5) is 10.6 Å². The summed E-state index contributed by atoms with van der Waals surface area (Å²) in [4.78, 5) is 42.3. The third kappa shape index (κ3) is 6.29. The van der Waals surface area contributed by atoms with Crippen LogP contribution in [-0.4, -0.2) is 75.3 Å². The third-order valence-electron chi connectivity index (χ3n) is 5.80. The lowest BCUT2D eigenvalue weighted by molar-refractivity contribution is -0.121. The van der Waals surface area contributed by atoms with E-state index in [2.05, 4.69) is 20.3 Å². The quantitative estimate of drug-likeness (QED) is 0.509. The first kappa shape index (κ1) is 25.0. The minimum absolute atomic E-state index is 0.121. The van der Waals surface area contributed by atoms with Crippen molar-refractivity contribution in [2.24, 2.45) is 0 Å². The van der Waals surface area contributed by atoms with Crippen molar-refractivity contribution in [3.63, 3.8) is 0 Å². The zero-order valence-electron chi connectivity index (χ0n) is 20.7. The van der Waals surface area contributed by atoms with Crippen molar-refractivity contribution in [3.05, 3.63) is 60.8 Å². The van der Waals surface area contributed by atoms with Crippen molar-refractivity contribution in [2.45, 2.75) is 39.0 Å². The van der Waals surface area contributed by atoms with E-state index in [9.17, 15) is 9.59 Å². The fraction of sp³-hybridized carbons (Fsp3) is 0.400. The molecule has 0 bridgehead atoms. The number of piperazine rings is 1. The van der Waals surface area contributed by atoms with Crippen LogP contribution in [-0.2, 0) is 16.1 Å². The Balaban J connectivity index is 1.48. The van der Waals surface area contributed by atoms with Crippen LogP contribution < -0.4 is 15.0 Å². The molecule has 11 heteroatoms. The number of ether oxygens (including phenoxy) is 2. The van der Waals surface area contributed by atoms with E-state index in [1.54, 1.807) is 41.5 Å². The molecular weight excluding hydrogens is 462 g/mol. The van der Waals surface area contributed by atoms with Gasteiger partial charge in [-0.15, -0.1) is 0 Å². The summed E-state index contributed by atoms with van der Waals surface area (Å²) in [6.45, 7) is 5.33. The van der Waals surface area contributed by atoms with Crippen molar-refractivity contribution >= 4 is 17.8 Å². The van der Waals surface area contributed by atoms with E-state index in [0.29, 0.717) is 37.9 Å². The van der Waals surface area contributed by atoms with Gasteiger partial charge >= 0.3 is 6.09 Å². The van der Waals surface area contributed by atoms with Crippen molar-refractivity contribution in [2.75, 3.05) is 31.6 Å². The predicted molar refractivity (Wildman–Crippen MR) is 133 cm³/mol. The van der Waals surface area contributed by atoms with E-state index in [1.807, 2.05) is 49.1 Å². The van der Waals surface area contributed by atoms with E-state index >= 15 is 0 Å². The Kier molecular flexibility index (Phi) is 7.99. The second-order valence-electron chi connectivity index (χ2n) is 8.74. The number of nitrogens with one attached hydrogen (secondary N) is 1. The molecule has 1 atom stereocenters. The first-order valence-corrected chi connectivity index (χ1v) is 11.9. The summed E-state index contributed by atoms with van der Waals surface area (Å²) >= 11 is 0. The van der Waals surface area contributed by atoms with Gasteiger partial charge in [0, 0.05) is 51.2 Å². The average Bonchev–Trinajstić information content (AvgIpc) is 3.43. The summed E-state index contributed by atoms with van der Waals surface area (Å²) < 4.78 is 12.3. The molecule has 3 aromatic rings. The molecule has 1 unspecified atom stereocenters. The molecule has 11 nitrogen and oxygen atoms in total. The predicted octanol–water partition coefficient (Wildman–Crippen LogP) is 2.41. The highest BCUT2D eigenvalue weighted by atomic mass is 16.6. The number of hydrogen-bond donors (Lipinski definition) is 1. The van der Waals surface area contributed by atoms with E-state index in [-0.39, 0.29) is 30.6 Å². The van der Waals surface area contributed by atoms with Crippen molar-refractivity contribution < 1.29 is 19.1 Å². The number of amides is 2. The van der Waals surface area contributed by atoms with Gasteiger partial charge in [0.1, 0.15) is 17.9 Å². The van der Waals surface area contributed by atoms with Gasteiger partial charge in [0.2, 0.25) is 11.9 Å². The molecule has 3 heterocycles. The van der Waals surface area contributed by atoms with Gasteiger partial charge in [-0.3, -0.25) is 9.36 Å². The van der Waals surface area contributed by atoms with Crippen LogP contribution >= 0.6 is 0 Å². The molecule has 1 aliphatic heterocycles. The standard InChI is InChI=1S/C25H31N7O4/c1-18(2)36-25(34)30-12-13-32(22-8-9-27-24(29-22)31-11-10-26-17-31)20(16-30)14-23(33)28-15-19-4-6-21(35-3)7-5-19/h4-11,17-18,20H,12-16H2,1-3H3,(H,28,33). The number of methoxy groups -OCH3 is 1. The van der Waals surface area contributed by atoms with Gasteiger partial charge in [-0.2, -0.15) is 4.98 Å². The lowest BCUT2D eigenvalue weighted by atomic mass is 10.1. The molecule has 36 heavy (non-hydrogen) atoms. The number of nitrogens with zero attached hydrogens (tertiary/aromatic N) is 6. The molecule has 1 N–H and O–H groups in total. The normalized spacial score (nSPS) is 15.6. The summed E-state index contributed by atoms with van der Waals surface area (Å²) in [6, 6.07) is 9.05. The summed E-state index contributed by atoms with van der Waals surface area (Å²) in [6.07, 6.45) is 6.32. The second kappa shape index (κ2) is 11.5. The SMILES string of the molecule is COc1ccc(CNC(=O)CC2CN(C(=O)OC(C)C)CCN2c2ccnc(-n3ccnc3)n2)cc1. The number of carbonyl (C=O) groups is 2. The summed E-state index contributed by atoms with van der Waals surface area (Å²) in [5.41, 5.74) is 0.965. The Hall–Kier alpha value is -4.15. The van der Waals surface area contributed by atoms with Crippen LogP contribution in [0.5, 0.6) is 5.75 Å². The smallest absolute Gasteiger partial charge is 0.410 e. The molecule has 1 fully saturated rings. The lowest BCUT2D eigenvalue weighted by Gasteiger charge is -2.41. The number of benzene rings is 1. The number of anilines is 1. The minimum Gasteiger partial charge on any atom is -0.497 e. The Morgan fingerprint density at radius 1 is 1.14 bits per heavy atom. The van der Waals surface area contributed by atoms with Gasteiger partial charge in [-0.25, -0.2) is 14.8 Å². The highest BCUT2D eigenvalue weighted by Gasteiger charge is 2.33. The van der Waals surface area contributed by atoms with Gasteiger partial charge in [0.15, 0.2) is 0 Å². The molecule has 1 saturated heterocycles. The van der Waals surface area contributed by atoms with Gasteiger partial charge in [0.05, 0.1) is 19.3 Å². The van der Waals surface area contributed by atoms with Crippen LogP contribution in [0.15, 0.2) is 55.2 Å². The Morgan fingerprint density at radius 3 is 2.64 bits per heavy atom. The van der Waals surface area contributed by atoms with E-state index in [1.165, 1.54) is 0 Å². The first-order chi connectivity index (χ1) is 17.4. The van der Waals surface area contributed by atoms with E-state index in [4.69, 9.17) is 9.47 Å². The Bertz CT molecular complexity index is 1150. The molecule has 2 aromatic heterocycles. The van der Waals surface area contributed by atoms with Crippen LogP contribution in [0.3, 0.4) is 0 Å². The number of imidazole rings is 1. The maximum atomic E-state index is 13.0. The zero-order valence-corrected chi connectivity index (χ0v) is 20.7. The number of hydrogen-bond acceptors (Lipinski definition) is 8. The van der Waals surface area contributed by atoms with Crippen LogP contribution in [0, 0.1) is 0 Å². The fourth-order valence-corrected chi connectivity index (χ4v) is 4.00. The van der Waals surface area contributed by atoms with Crippen molar-refractivity contribution in [3.8, 4) is 11.7 Å². The highest BCUT2D eigenvalue weighted by molar-refractivity contribution is 5.77. The van der Waals surface area contributed by atoms with E-state index in [0.717, 1.165) is 11.3 Å². The molecule has 1 aromatic carbocycles. The Labute approximate surface area is 210 Å². The molecule has 2 amide bonds. The maximum Gasteiger partial charge on any atom is 0.410 e. The van der Waals surface area contributed by atoms with E-state index < -0.39 is 0 Å². The Morgan fingerprint density at radius 2 is 1.94 bits per heavy atom. The molecule has 1 aliphatic rings. The monoisotopic (exact) mass is 493 g/mol. The molecule has 0 spiro atoms.